The minimum atomic E-state index is -0.245. The number of hydrogen-bond donors (Lipinski definition) is 1. The number of nitrogens with one attached hydrogen (secondary N) is 1. The van der Waals surface area contributed by atoms with Gasteiger partial charge in [0.1, 0.15) is 6.26 Å². The van der Waals surface area contributed by atoms with Gasteiger partial charge in [-0.1, -0.05) is 51.1 Å². The van der Waals surface area contributed by atoms with E-state index in [-0.39, 0.29) is 29.9 Å². The lowest BCUT2D eigenvalue weighted by Gasteiger charge is -2.23. The van der Waals surface area contributed by atoms with E-state index >= 15 is 0 Å². The SMILES string of the molecule is CC(C)(C)c1ccc(CN(Cc2ccc3c(c2)OCO3)Cc2nc(C(=O)NC[C@@H]3CCCO3)co2)cc1. The predicted octanol–water partition coefficient (Wildman–Crippen LogP) is 4.81. The number of carbonyl (C=O) groups excluding carboxylic acids is 1. The standard InChI is InChI=1S/C29H35N3O5/c1-29(2,3)22-9-6-20(7-10-22)15-32(16-21-8-11-25-26(13-21)37-19-36-25)17-27-31-24(18-35-27)28(33)30-14-23-5-4-12-34-23/h6-11,13,18,23H,4-5,12,14-17,19H2,1-3H3,(H,30,33)/t23-/m0/s1. The molecule has 196 valence electrons. The van der Waals surface area contributed by atoms with Gasteiger partial charge in [0, 0.05) is 26.2 Å². The van der Waals surface area contributed by atoms with E-state index in [1.807, 2.05) is 18.2 Å². The number of ether oxygens (including phenoxy) is 3. The molecule has 3 heterocycles. The average molecular weight is 506 g/mol. The summed E-state index contributed by atoms with van der Waals surface area (Å²) in [5.74, 6) is 1.77. The number of nitrogens with zero attached hydrogens (tertiary/aromatic N) is 2. The summed E-state index contributed by atoms with van der Waals surface area (Å²) in [6.45, 7) is 9.93. The van der Waals surface area contributed by atoms with E-state index < -0.39 is 0 Å². The Hall–Kier alpha value is -3.36. The first-order valence-corrected chi connectivity index (χ1v) is 12.9. The van der Waals surface area contributed by atoms with Crippen LogP contribution >= 0.6 is 0 Å². The zero-order valence-electron chi connectivity index (χ0n) is 21.8. The molecule has 3 aromatic rings. The predicted molar refractivity (Wildman–Crippen MR) is 138 cm³/mol. The molecule has 5 rings (SSSR count). The Labute approximate surface area is 217 Å². The van der Waals surface area contributed by atoms with Crippen molar-refractivity contribution in [3.8, 4) is 11.5 Å². The highest BCUT2D eigenvalue weighted by Gasteiger charge is 2.21. The van der Waals surface area contributed by atoms with Crippen LogP contribution in [-0.2, 0) is 29.8 Å². The number of amides is 1. The lowest BCUT2D eigenvalue weighted by molar-refractivity contribution is 0.0853. The highest BCUT2D eigenvalue weighted by Crippen LogP contribution is 2.33. The molecular formula is C29H35N3O5. The average Bonchev–Trinajstić information content (AvgIpc) is 3.64. The van der Waals surface area contributed by atoms with Crippen molar-refractivity contribution in [2.45, 2.75) is 64.8 Å². The summed E-state index contributed by atoms with van der Waals surface area (Å²) >= 11 is 0. The smallest absolute Gasteiger partial charge is 0.273 e. The van der Waals surface area contributed by atoms with Crippen LogP contribution in [0.2, 0.25) is 0 Å². The maximum atomic E-state index is 12.6. The Bertz CT molecular complexity index is 1210. The van der Waals surface area contributed by atoms with Crippen LogP contribution in [0, 0.1) is 0 Å². The second-order valence-corrected chi connectivity index (χ2v) is 10.8. The van der Waals surface area contributed by atoms with Gasteiger partial charge < -0.3 is 23.9 Å². The van der Waals surface area contributed by atoms with Crippen molar-refractivity contribution in [3.63, 3.8) is 0 Å². The Kier molecular flexibility index (Phi) is 7.48. The first kappa shape index (κ1) is 25.3. The number of fused-ring (bicyclic) bond motifs is 1. The largest absolute Gasteiger partial charge is 0.454 e. The van der Waals surface area contributed by atoms with Crippen molar-refractivity contribution < 1.29 is 23.4 Å². The fourth-order valence-corrected chi connectivity index (χ4v) is 4.62. The van der Waals surface area contributed by atoms with Crippen LogP contribution in [0.5, 0.6) is 11.5 Å². The second kappa shape index (κ2) is 10.9. The molecule has 1 aromatic heterocycles. The van der Waals surface area contributed by atoms with Crippen LogP contribution in [0.1, 0.15) is 66.7 Å². The van der Waals surface area contributed by atoms with Crippen LogP contribution in [0.3, 0.4) is 0 Å². The molecular weight excluding hydrogens is 470 g/mol. The van der Waals surface area contributed by atoms with Gasteiger partial charge in [-0.3, -0.25) is 9.69 Å². The molecule has 2 aliphatic heterocycles. The molecule has 1 amide bonds. The van der Waals surface area contributed by atoms with E-state index in [1.54, 1.807) is 0 Å². The Morgan fingerprint density at radius 2 is 1.78 bits per heavy atom. The van der Waals surface area contributed by atoms with Crippen molar-refractivity contribution >= 4 is 5.91 Å². The fourth-order valence-electron chi connectivity index (χ4n) is 4.62. The summed E-state index contributed by atoms with van der Waals surface area (Å²) in [5.41, 5.74) is 3.96. The number of carbonyl (C=O) groups is 1. The topological polar surface area (TPSA) is 86.1 Å². The fraction of sp³-hybridized carbons (Fsp3) is 0.448. The van der Waals surface area contributed by atoms with Crippen molar-refractivity contribution in [1.82, 2.24) is 15.2 Å². The molecule has 37 heavy (non-hydrogen) atoms. The molecule has 2 aromatic carbocycles. The van der Waals surface area contributed by atoms with Gasteiger partial charge in [0.25, 0.3) is 5.91 Å². The molecule has 0 spiro atoms. The van der Waals surface area contributed by atoms with E-state index in [4.69, 9.17) is 18.6 Å². The molecule has 2 aliphatic rings. The van der Waals surface area contributed by atoms with E-state index in [1.165, 1.54) is 17.4 Å². The van der Waals surface area contributed by atoms with Gasteiger partial charge in [0.05, 0.1) is 12.6 Å². The molecule has 0 radical (unpaired) electrons. The number of aromatic nitrogens is 1. The third-order valence-corrected chi connectivity index (χ3v) is 6.73. The summed E-state index contributed by atoms with van der Waals surface area (Å²) in [4.78, 5) is 19.3. The lowest BCUT2D eigenvalue weighted by atomic mass is 9.87. The van der Waals surface area contributed by atoms with Crippen LogP contribution in [0.4, 0.5) is 0 Å². The highest BCUT2D eigenvalue weighted by atomic mass is 16.7. The zero-order chi connectivity index (χ0) is 25.8. The van der Waals surface area contributed by atoms with Crippen LogP contribution in [0.15, 0.2) is 53.1 Å². The van der Waals surface area contributed by atoms with Gasteiger partial charge in [-0.05, 0) is 47.1 Å². The van der Waals surface area contributed by atoms with Crippen molar-refractivity contribution in [2.75, 3.05) is 19.9 Å². The maximum Gasteiger partial charge on any atom is 0.273 e. The summed E-state index contributed by atoms with van der Waals surface area (Å²) < 4.78 is 22.3. The van der Waals surface area contributed by atoms with E-state index in [0.717, 1.165) is 36.5 Å². The van der Waals surface area contributed by atoms with Gasteiger partial charge in [-0.25, -0.2) is 4.98 Å². The molecule has 0 aliphatic carbocycles. The van der Waals surface area contributed by atoms with Gasteiger partial charge in [0.15, 0.2) is 17.2 Å². The second-order valence-electron chi connectivity index (χ2n) is 10.8. The van der Waals surface area contributed by atoms with Crippen molar-refractivity contribution in [1.29, 1.82) is 0 Å². The first-order chi connectivity index (χ1) is 17.8. The lowest BCUT2D eigenvalue weighted by Crippen LogP contribution is -2.32. The molecule has 0 saturated carbocycles. The Morgan fingerprint density at radius 3 is 2.54 bits per heavy atom. The van der Waals surface area contributed by atoms with E-state index in [9.17, 15) is 4.79 Å². The van der Waals surface area contributed by atoms with Crippen LogP contribution in [-0.4, -0.2) is 41.8 Å². The highest BCUT2D eigenvalue weighted by molar-refractivity contribution is 5.91. The van der Waals surface area contributed by atoms with Crippen LogP contribution in [0.25, 0.3) is 0 Å². The third kappa shape index (κ3) is 6.50. The Morgan fingerprint density at radius 1 is 1.03 bits per heavy atom. The minimum Gasteiger partial charge on any atom is -0.454 e. The first-order valence-electron chi connectivity index (χ1n) is 12.9. The number of oxazole rings is 1. The zero-order valence-corrected chi connectivity index (χ0v) is 21.8. The van der Waals surface area contributed by atoms with E-state index in [2.05, 4.69) is 60.2 Å². The summed E-state index contributed by atoms with van der Waals surface area (Å²) in [5, 5.41) is 2.90. The Balaban J connectivity index is 1.28. The molecule has 1 saturated heterocycles. The van der Waals surface area contributed by atoms with Crippen molar-refractivity contribution in [3.05, 3.63) is 77.0 Å². The van der Waals surface area contributed by atoms with Gasteiger partial charge >= 0.3 is 0 Å². The monoisotopic (exact) mass is 505 g/mol. The van der Waals surface area contributed by atoms with Gasteiger partial charge in [-0.2, -0.15) is 0 Å². The number of rotatable bonds is 9. The molecule has 8 nitrogen and oxygen atoms in total. The molecule has 0 bridgehead atoms. The number of hydrogen-bond acceptors (Lipinski definition) is 7. The molecule has 1 fully saturated rings. The molecule has 0 unspecified atom stereocenters. The van der Waals surface area contributed by atoms with Crippen molar-refractivity contribution in [2.24, 2.45) is 0 Å². The minimum absolute atomic E-state index is 0.0807. The molecule has 1 N–H and O–H groups in total. The normalized spacial score (nSPS) is 16.9. The third-order valence-electron chi connectivity index (χ3n) is 6.73. The summed E-state index contributed by atoms with van der Waals surface area (Å²) in [6.07, 6.45) is 3.51. The number of benzene rings is 2. The summed E-state index contributed by atoms with van der Waals surface area (Å²) in [7, 11) is 0. The molecule has 1 atom stereocenters. The maximum absolute atomic E-state index is 12.6. The quantitative estimate of drug-likeness (QED) is 0.447. The van der Waals surface area contributed by atoms with E-state index in [0.29, 0.717) is 32.1 Å². The summed E-state index contributed by atoms with van der Waals surface area (Å²) in [6, 6.07) is 14.7. The molecule has 8 heteroatoms. The van der Waals surface area contributed by atoms with Gasteiger partial charge in [0.2, 0.25) is 12.7 Å². The van der Waals surface area contributed by atoms with Gasteiger partial charge in [-0.15, -0.1) is 0 Å². The van der Waals surface area contributed by atoms with Crippen LogP contribution < -0.4 is 14.8 Å².